The Morgan fingerprint density at radius 1 is 1.35 bits per heavy atom. The van der Waals surface area contributed by atoms with Crippen molar-refractivity contribution in [2.45, 2.75) is 5.85 Å². The summed E-state index contributed by atoms with van der Waals surface area (Å²) in [4.78, 5) is 0. The molecule has 0 bridgehead atoms. The molecule has 6 nitrogen and oxygen atoms in total. The molecule has 1 aromatic rings. The monoisotopic (exact) mass is 274 g/mol. The van der Waals surface area contributed by atoms with Crippen LogP contribution in [-0.4, -0.2) is 20.5 Å². The maximum atomic E-state index is 11.5. The number of benzene rings is 1. The van der Waals surface area contributed by atoms with Crippen molar-refractivity contribution in [1.29, 1.82) is 5.26 Å². The third-order valence-electron chi connectivity index (χ3n) is 1.51. The van der Waals surface area contributed by atoms with Gasteiger partial charge in [-0.05, 0) is 16.7 Å². The summed E-state index contributed by atoms with van der Waals surface area (Å²) in [5.74, 6) is -1.38. The zero-order chi connectivity index (χ0) is 12.9. The van der Waals surface area contributed by atoms with E-state index in [4.69, 9.17) is 9.79 Å². The SMILES string of the molecule is CS(=O)(=O)OC(C#N)[P+](=O)Oc1ccccc1. The van der Waals surface area contributed by atoms with Gasteiger partial charge in [-0.15, -0.1) is 0 Å². The summed E-state index contributed by atoms with van der Waals surface area (Å²) in [6.45, 7) is 0. The molecule has 0 heterocycles. The Morgan fingerprint density at radius 2 is 1.94 bits per heavy atom. The molecule has 0 N–H and O–H groups in total. The summed E-state index contributed by atoms with van der Waals surface area (Å²) in [7, 11) is -6.46. The van der Waals surface area contributed by atoms with E-state index in [0.29, 0.717) is 0 Å². The highest BCUT2D eigenvalue weighted by atomic mass is 32.2. The minimum absolute atomic E-state index is 0.269. The normalized spacial score (nSPS) is 13.5. The van der Waals surface area contributed by atoms with Gasteiger partial charge < -0.3 is 0 Å². The van der Waals surface area contributed by atoms with E-state index in [1.54, 1.807) is 18.2 Å². The molecule has 0 aliphatic heterocycles. The lowest BCUT2D eigenvalue weighted by atomic mass is 10.3. The van der Waals surface area contributed by atoms with Gasteiger partial charge in [-0.25, -0.2) is 4.18 Å². The van der Waals surface area contributed by atoms with Crippen molar-refractivity contribution in [3.05, 3.63) is 30.3 Å². The van der Waals surface area contributed by atoms with Crippen molar-refractivity contribution in [1.82, 2.24) is 0 Å². The van der Waals surface area contributed by atoms with Crippen LogP contribution < -0.4 is 4.52 Å². The Balaban J connectivity index is 2.73. The Bertz CT molecular complexity index is 536. The maximum absolute atomic E-state index is 11.5. The quantitative estimate of drug-likeness (QED) is 0.598. The van der Waals surface area contributed by atoms with E-state index >= 15 is 0 Å². The third kappa shape index (κ3) is 4.91. The highest BCUT2D eigenvalue weighted by Crippen LogP contribution is 2.32. The van der Waals surface area contributed by atoms with E-state index in [9.17, 15) is 13.0 Å². The molecule has 1 aromatic carbocycles. The fourth-order valence-corrected chi connectivity index (χ4v) is 2.55. The van der Waals surface area contributed by atoms with Crippen LogP contribution in [0.5, 0.6) is 5.75 Å². The van der Waals surface area contributed by atoms with Crippen molar-refractivity contribution in [2.24, 2.45) is 0 Å². The van der Waals surface area contributed by atoms with Gasteiger partial charge in [0.1, 0.15) is 0 Å². The Labute approximate surface area is 99.8 Å². The Morgan fingerprint density at radius 3 is 2.41 bits per heavy atom. The van der Waals surface area contributed by atoms with Gasteiger partial charge in [0.15, 0.2) is 11.8 Å². The van der Waals surface area contributed by atoms with Gasteiger partial charge in [0, 0.05) is 0 Å². The molecule has 0 amide bonds. The van der Waals surface area contributed by atoms with E-state index in [2.05, 4.69) is 4.18 Å². The van der Waals surface area contributed by atoms with Crippen LogP contribution in [0.4, 0.5) is 0 Å². The standard InChI is InChI=1S/C9H9NO5PS/c1-17(12,13)15-9(7-10)16(11)14-8-5-3-2-4-6-8/h2-6,9H,1H3/q+1. The Hall–Kier alpha value is -1.48. The smallest absolute Gasteiger partial charge is 0.252 e. The van der Waals surface area contributed by atoms with Gasteiger partial charge in [0.25, 0.3) is 10.1 Å². The van der Waals surface area contributed by atoms with Crippen LogP contribution in [0.25, 0.3) is 0 Å². The van der Waals surface area contributed by atoms with E-state index in [0.717, 1.165) is 6.26 Å². The van der Waals surface area contributed by atoms with Crippen molar-refractivity contribution >= 4 is 18.1 Å². The molecule has 2 atom stereocenters. The Kier molecular flexibility index (Phi) is 4.58. The van der Waals surface area contributed by atoms with Crippen molar-refractivity contribution in [3.63, 3.8) is 0 Å². The van der Waals surface area contributed by atoms with Gasteiger partial charge in [-0.3, -0.25) is 4.52 Å². The molecule has 0 saturated heterocycles. The van der Waals surface area contributed by atoms with E-state index < -0.39 is 24.0 Å². The zero-order valence-corrected chi connectivity index (χ0v) is 10.5. The maximum Gasteiger partial charge on any atom is 0.606 e. The molecule has 0 fully saturated rings. The van der Waals surface area contributed by atoms with Crippen molar-refractivity contribution in [2.75, 3.05) is 6.26 Å². The van der Waals surface area contributed by atoms with E-state index in [1.807, 2.05) is 0 Å². The van der Waals surface area contributed by atoms with Crippen LogP contribution in [0, 0.1) is 11.3 Å². The molecule has 0 aliphatic carbocycles. The minimum Gasteiger partial charge on any atom is -0.252 e. The van der Waals surface area contributed by atoms with Gasteiger partial charge in [-0.2, -0.15) is 13.7 Å². The van der Waals surface area contributed by atoms with Crippen molar-refractivity contribution in [3.8, 4) is 11.8 Å². The third-order valence-corrected chi connectivity index (χ3v) is 3.19. The lowest BCUT2D eigenvalue weighted by Crippen LogP contribution is -2.13. The first kappa shape index (κ1) is 13.6. The predicted octanol–water partition coefficient (Wildman–Crippen LogP) is 1.63. The lowest BCUT2D eigenvalue weighted by molar-refractivity contribution is 0.315. The fourth-order valence-electron chi connectivity index (χ4n) is 0.902. The topological polar surface area (TPSA) is 93.5 Å². The first-order valence-corrected chi connectivity index (χ1v) is 7.46. The molecule has 0 aliphatic rings. The van der Waals surface area contributed by atoms with E-state index in [-0.39, 0.29) is 5.75 Å². The van der Waals surface area contributed by atoms with Crippen LogP contribution in [0.1, 0.15) is 0 Å². The number of para-hydroxylation sites is 1. The van der Waals surface area contributed by atoms with Gasteiger partial charge in [-0.1, -0.05) is 18.2 Å². The molecule has 0 aromatic heterocycles. The zero-order valence-electron chi connectivity index (χ0n) is 8.81. The fraction of sp³-hybridized carbons (Fsp3) is 0.222. The molecule has 0 spiro atoms. The molecule has 90 valence electrons. The highest BCUT2D eigenvalue weighted by molar-refractivity contribution is 7.86. The van der Waals surface area contributed by atoms with Gasteiger partial charge >= 0.3 is 13.9 Å². The minimum atomic E-state index is -3.86. The second kappa shape index (κ2) is 5.73. The molecule has 8 heteroatoms. The summed E-state index contributed by atoms with van der Waals surface area (Å²) in [5.41, 5.74) is 0. The molecule has 0 radical (unpaired) electrons. The average molecular weight is 274 g/mol. The lowest BCUT2D eigenvalue weighted by Gasteiger charge is -1.98. The number of nitrogens with zero attached hydrogens (tertiary/aromatic N) is 1. The number of hydrogen-bond acceptors (Lipinski definition) is 6. The van der Waals surface area contributed by atoms with Gasteiger partial charge in [0.05, 0.1) is 6.26 Å². The summed E-state index contributed by atoms with van der Waals surface area (Å²) < 4.78 is 42.4. The molecule has 0 saturated carbocycles. The van der Waals surface area contributed by atoms with Crippen LogP contribution in [0.3, 0.4) is 0 Å². The highest BCUT2D eigenvalue weighted by Gasteiger charge is 2.38. The second-order valence-electron chi connectivity index (χ2n) is 2.97. The van der Waals surface area contributed by atoms with Gasteiger partial charge in [0.2, 0.25) is 0 Å². The summed E-state index contributed by atoms with van der Waals surface area (Å²) in [6.07, 6.45) is 0.767. The predicted molar refractivity (Wildman–Crippen MR) is 60.0 cm³/mol. The number of rotatable bonds is 5. The molecule has 17 heavy (non-hydrogen) atoms. The number of nitriles is 1. The molecular weight excluding hydrogens is 265 g/mol. The molecular formula is C9H9NO5PS+. The summed E-state index contributed by atoms with van der Waals surface area (Å²) in [5, 5.41) is 8.63. The molecule has 1 rings (SSSR count). The van der Waals surface area contributed by atoms with Crippen molar-refractivity contribution < 1.29 is 21.7 Å². The molecule has 2 unspecified atom stereocenters. The second-order valence-corrected chi connectivity index (χ2v) is 5.79. The summed E-state index contributed by atoms with van der Waals surface area (Å²) in [6, 6.07) is 9.56. The largest absolute Gasteiger partial charge is 0.606 e. The van der Waals surface area contributed by atoms with E-state index in [1.165, 1.54) is 18.2 Å². The average Bonchev–Trinajstić information content (AvgIpc) is 2.26. The summed E-state index contributed by atoms with van der Waals surface area (Å²) >= 11 is 0. The number of hydrogen-bond donors (Lipinski definition) is 0. The van der Waals surface area contributed by atoms with Crippen LogP contribution in [-0.2, 0) is 18.9 Å². The van der Waals surface area contributed by atoms with Crippen LogP contribution >= 0.6 is 8.03 Å². The van der Waals surface area contributed by atoms with Crippen LogP contribution in [0.15, 0.2) is 30.3 Å². The van der Waals surface area contributed by atoms with Crippen LogP contribution in [0.2, 0.25) is 0 Å². The first-order valence-electron chi connectivity index (χ1n) is 4.39. The first-order chi connectivity index (χ1) is 7.92.